The minimum Gasteiger partial charge on any atom is -0.340 e. The van der Waals surface area contributed by atoms with Crippen molar-refractivity contribution in [2.24, 2.45) is 0 Å². The lowest BCUT2D eigenvalue weighted by atomic mass is 10.2. The monoisotopic (exact) mass is 437 g/mol. The summed E-state index contributed by atoms with van der Waals surface area (Å²) in [7, 11) is -3.97. The van der Waals surface area contributed by atoms with Gasteiger partial charge in [0.2, 0.25) is 10.0 Å². The van der Waals surface area contributed by atoms with Crippen LogP contribution >= 0.6 is 0 Å². The predicted octanol–water partition coefficient (Wildman–Crippen LogP) is 4.80. The van der Waals surface area contributed by atoms with Crippen LogP contribution < -0.4 is 0 Å². The number of aromatic nitrogens is 1. The first-order chi connectivity index (χ1) is 14.9. The molecular weight excluding hydrogens is 414 g/mol. The van der Waals surface area contributed by atoms with Crippen molar-refractivity contribution in [2.45, 2.75) is 24.8 Å². The Morgan fingerprint density at radius 2 is 1.45 bits per heavy atom. The van der Waals surface area contributed by atoms with Crippen molar-refractivity contribution >= 4 is 37.5 Å². The predicted molar refractivity (Wildman–Crippen MR) is 122 cm³/mol. The van der Waals surface area contributed by atoms with Gasteiger partial charge >= 0.3 is 0 Å². The van der Waals surface area contributed by atoms with E-state index in [2.05, 4.69) is 28.8 Å². The molecule has 31 heavy (non-hydrogen) atoms. The number of aryl methyl sites for hydroxylation is 1. The van der Waals surface area contributed by atoms with Crippen molar-refractivity contribution < 1.29 is 13.3 Å². The van der Waals surface area contributed by atoms with Gasteiger partial charge in [0, 0.05) is 47.5 Å². The Labute approximate surface area is 180 Å². The van der Waals surface area contributed by atoms with Gasteiger partial charge in [-0.1, -0.05) is 55.5 Å². The van der Waals surface area contributed by atoms with Gasteiger partial charge in [0.15, 0.2) is 4.90 Å². The van der Waals surface area contributed by atoms with Gasteiger partial charge in [0.1, 0.15) is 0 Å². The molecule has 0 atom stereocenters. The lowest BCUT2D eigenvalue weighted by Gasteiger charge is -2.20. The third-order valence-electron chi connectivity index (χ3n) is 5.50. The number of nitro benzene ring substituents is 1. The molecule has 0 saturated carbocycles. The maximum Gasteiger partial charge on any atom is 0.289 e. The second kappa shape index (κ2) is 8.49. The number of hydrogen-bond acceptors (Lipinski definition) is 4. The molecule has 0 amide bonds. The van der Waals surface area contributed by atoms with E-state index in [-0.39, 0.29) is 18.0 Å². The quantitative estimate of drug-likeness (QED) is 0.293. The smallest absolute Gasteiger partial charge is 0.289 e. The van der Waals surface area contributed by atoms with Crippen LogP contribution in [0.15, 0.2) is 77.7 Å². The third-order valence-corrected chi connectivity index (χ3v) is 7.52. The second-order valence-electron chi connectivity index (χ2n) is 7.26. The fourth-order valence-corrected chi connectivity index (χ4v) is 5.71. The molecule has 4 aromatic rings. The van der Waals surface area contributed by atoms with Crippen LogP contribution in [0, 0.1) is 10.1 Å². The summed E-state index contributed by atoms with van der Waals surface area (Å²) in [6.45, 7) is 2.89. The van der Waals surface area contributed by atoms with Crippen LogP contribution in [0.2, 0.25) is 0 Å². The second-order valence-corrected chi connectivity index (χ2v) is 9.17. The van der Waals surface area contributed by atoms with E-state index in [9.17, 15) is 18.5 Å². The summed E-state index contributed by atoms with van der Waals surface area (Å²) in [4.78, 5) is 10.4. The van der Waals surface area contributed by atoms with E-state index < -0.39 is 20.6 Å². The van der Waals surface area contributed by atoms with E-state index in [0.29, 0.717) is 13.0 Å². The Morgan fingerprint density at radius 3 is 2.03 bits per heavy atom. The number of fused-ring (bicyclic) bond motifs is 3. The zero-order valence-electron chi connectivity index (χ0n) is 17.1. The van der Waals surface area contributed by atoms with E-state index in [4.69, 9.17) is 0 Å². The summed E-state index contributed by atoms with van der Waals surface area (Å²) in [5.41, 5.74) is 1.81. The Hall–Kier alpha value is -3.23. The minimum atomic E-state index is -3.97. The van der Waals surface area contributed by atoms with Gasteiger partial charge < -0.3 is 4.57 Å². The Morgan fingerprint density at radius 1 is 0.903 bits per heavy atom. The van der Waals surface area contributed by atoms with Gasteiger partial charge in [-0.3, -0.25) is 10.1 Å². The highest BCUT2D eigenvalue weighted by molar-refractivity contribution is 7.89. The molecule has 4 rings (SSSR count). The maximum absolute atomic E-state index is 13.1. The molecule has 3 aromatic carbocycles. The molecule has 8 heteroatoms. The van der Waals surface area contributed by atoms with Gasteiger partial charge in [-0.05, 0) is 24.6 Å². The summed E-state index contributed by atoms with van der Waals surface area (Å²) >= 11 is 0. The van der Waals surface area contributed by atoms with Crippen LogP contribution in [-0.4, -0.2) is 35.3 Å². The first kappa shape index (κ1) is 21.0. The first-order valence-corrected chi connectivity index (χ1v) is 11.6. The summed E-state index contributed by atoms with van der Waals surface area (Å²) in [5.74, 6) is 0. The molecule has 160 valence electrons. The van der Waals surface area contributed by atoms with Crippen LogP contribution in [0.25, 0.3) is 21.8 Å². The summed E-state index contributed by atoms with van der Waals surface area (Å²) in [6, 6.07) is 21.8. The number of hydrogen-bond donors (Lipinski definition) is 0. The van der Waals surface area contributed by atoms with Crippen molar-refractivity contribution in [1.82, 2.24) is 8.87 Å². The molecule has 0 saturated heterocycles. The van der Waals surface area contributed by atoms with Crippen LogP contribution in [0.3, 0.4) is 0 Å². The number of nitrogens with zero attached hydrogens (tertiary/aromatic N) is 3. The van der Waals surface area contributed by atoms with Crippen LogP contribution in [0.4, 0.5) is 5.69 Å². The molecule has 0 aliphatic carbocycles. The van der Waals surface area contributed by atoms with Crippen LogP contribution in [0.1, 0.15) is 13.3 Å². The van der Waals surface area contributed by atoms with E-state index >= 15 is 0 Å². The average molecular weight is 438 g/mol. The van der Waals surface area contributed by atoms with Gasteiger partial charge in [0.05, 0.1) is 4.92 Å². The SMILES string of the molecule is CCN(CCCn1c2ccccc2c2ccccc21)S(=O)(=O)c1ccccc1[N+](=O)[O-]. The number of benzene rings is 3. The number of sulfonamides is 1. The van der Waals surface area contributed by atoms with E-state index in [1.807, 2.05) is 24.3 Å². The van der Waals surface area contributed by atoms with Gasteiger partial charge in [-0.2, -0.15) is 4.31 Å². The lowest BCUT2D eigenvalue weighted by Crippen LogP contribution is -2.32. The van der Waals surface area contributed by atoms with Gasteiger partial charge in [0.25, 0.3) is 5.69 Å². The summed E-state index contributed by atoms with van der Waals surface area (Å²) in [5, 5.41) is 13.6. The van der Waals surface area contributed by atoms with Gasteiger partial charge in [-0.25, -0.2) is 8.42 Å². The molecule has 7 nitrogen and oxygen atoms in total. The standard InChI is InChI=1S/C23H23N3O4S/c1-2-24(31(29,30)23-15-8-7-14-22(23)26(27)28)16-9-17-25-20-12-5-3-10-18(20)19-11-4-6-13-21(19)25/h3-8,10-15H,2,9,16-17H2,1H3. The zero-order chi connectivity index (χ0) is 22.0. The molecule has 1 heterocycles. The highest BCUT2D eigenvalue weighted by Crippen LogP contribution is 2.29. The summed E-state index contributed by atoms with van der Waals surface area (Å²) < 4.78 is 29.8. The largest absolute Gasteiger partial charge is 0.340 e. The van der Waals surface area contributed by atoms with Crippen LogP contribution in [-0.2, 0) is 16.6 Å². The molecule has 0 aliphatic heterocycles. The van der Waals surface area contributed by atoms with Crippen molar-refractivity contribution in [3.63, 3.8) is 0 Å². The molecule has 0 unspecified atom stereocenters. The number of nitro groups is 1. The van der Waals surface area contributed by atoms with Crippen molar-refractivity contribution in [2.75, 3.05) is 13.1 Å². The number of rotatable bonds is 8. The van der Waals surface area contributed by atoms with Crippen LogP contribution in [0.5, 0.6) is 0 Å². The molecule has 0 aliphatic rings. The van der Waals surface area contributed by atoms with Gasteiger partial charge in [-0.15, -0.1) is 0 Å². The van der Waals surface area contributed by atoms with Crippen molar-refractivity contribution in [1.29, 1.82) is 0 Å². The summed E-state index contributed by atoms with van der Waals surface area (Å²) in [6.07, 6.45) is 0.580. The molecule has 0 fully saturated rings. The molecular formula is C23H23N3O4S. The lowest BCUT2D eigenvalue weighted by molar-refractivity contribution is -0.387. The van der Waals surface area contributed by atoms with Crippen molar-refractivity contribution in [3.05, 3.63) is 82.9 Å². The highest BCUT2D eigenvalue weighted by atomic mass is 32.2. The Bertz CT molecular complexity index is 1310. The van der Waals surface area contributed by atoms with Crippen molar-refractivity contribution in [3.8, 4) is 0 Å². The molecule has 0 radical (unpaired) electrons. The maximum atomic E-state index is 13.1. The Balaban J connectivity index is 1.60. The number of para-hydroxylation sites is 3. The first-order valence-electron chi connectivity index (χ1n) is 10.1. The fourth-order valence-electron chi connectivity index (χ4n) is 4.06. The van der Waals surface area contributed by atoms with E-state index in [1.54, 1.807) is 6.92 Å². The molecule has 1 aromatic heterocycles. The Kier molecular flexibility index (Phi) is 5.75. The van der Waals surface area contributed by atoms with E-state index in [1.165, 1.54) is 28.6 Å². The highest BCUT2D eigenvalue weighted by Gasteiger charge is 2.30. The normalized spacial score (nSPS) is 12.1. The molecule has 0 N–H and O–H groups in total. The minimum absolute atomic E-state index is 0.238. The third kappa shape index (κ3) is 3.80. The average Bonchev–Trinajstić information content (AvgIpc) is 3.10. The molecule has 0 bridgehead atoms. The fraction of sp³-hybridized carbons (Fsp3) is 0.217. The van der Waals surface area contributed by atoms with E-state index in [0.717, 1.165) is 21.8 Å². The topological polar surface area (TPSA) is 85.5 Å². The molecule has 0 spiro atoms. The zero-order valence-corrected chi connectivity index (χ0v) is 18.0.